The summed E-state index contributed by atoms with van der Waals surface area (Å²) in [5, 5.41) is 3.59. The number of hydrogen-bond donors (Lipinski definition) is 2. The number of halogens is 1. The van der Waals surface area contributed by atoms with E-state index in [-0.39, 0.29) is 5.91 Å². The molecule has 1 amide bonds. The monoisotopic (exact) mass is 320 g/mol. The number of nitrogens with one attached hydrogen (secondary N) is 1. The molecular formula is C16H17ClN2OS. The molecule has 0 unspecified atom stereocenters. The van der Waals surface area contributed by atoms with E-state index in [1.165, 1.54) is 0 Å². The molecule has 0 atom stereocenters. The van der Waals surface area contributed by atoms with Crippen LogP contribution in [0.2, 0.25) is 5.02 Å². The quantitative estimate of drug-likeness (QED) is 0.470. The van der Waals surface area contributed by atoms with Gasteiger partial charge in [0, 0.05) is 22.7 Å². The molecule has 3 nitrogen and oxygen atoms in total. The van der Waals surface area contributed by atoms with Crippen LogP contribution in [-0.2, 0) is 4.79 Å². The molecular weight excluding hydrogens is 304 g/mol. The van der Waals surface area contributed by atoms with Gasteiger partial charge in [0.25, 0.3) is 0 Å². The lowest BCUT2D eigenvalue weighted by atomic mass is 10.2. The molecule has 3 N–H and O–H groups in total. The first-order chi connectivity index (χ1) is 10.1. The Hall–Kier alpha value is -1.65. The molecule has 2 aromatic carbocycles. The summed E-state index contributed by atoms with van der Waals surface area (Å²) in [6.45, 7) is 0. The van der Waals surface area contributed by atoms with E-state index >= 15 is 0 Å². The topological polar surface area (TPSA) is 55.1 Å². The van der Waals surface area contributed by atoms with Crippen molar-refractivity contribution in [2.45, 2.75) is 17.7 Å². The predicted octanol–water partition coefficient (Wildman–Crippen LogP) is 4.43. The maximum atomic E-state index is 11.8. The van der Waals surface area contributed by atoms with Crippen molar-refractivity contribution >= 4 is 40.6 Å². The molecule has 2 rings (SSSR count). The fourth-order valence-electron chi connectivity index (χ4n) is 1.82. The number of nitrogens with two attached hydrogens (primary N) is 1. The van der Waals surface area contributed by atoms with Crippen LogP contribution < -0.4 is 11.1 Å². The molecule has 0 heterocycles. The highest BCUT2D eigenvalue weighted by atomic mass is 35.5. The number of carbonyl (C=O) groups excluding carboxylic acids is 1. The van der Waals surface area contributed by atoms with Gasteiger partial charge in [-0.25, -0.2) is 0 Å². The Morgan fingerprint density at radius 2 is 2.00 bits per heavy atom. The fraction of sp³-hybridized carbons (Fsp3) is 0.188. The molecule has 21 heavy (non-hydrogen) atoms. The molecule has 0 aliphatic rings. The number of carbonyl (C=O) groups is 1. The molecule has 0 bridgehead atoms. The van der Waals surface area contributed by atoms with Gasteiger partial charge in [0.05, 0.1) is 5.02 Å². The van der Waals surface area contributed by atoms with Gasteiger partial charge in [0.15, 0.2) is 0 Å². The van der Waals surface area contributed by atoms with E-state index in [9.17, 15) is 4.79 Å². The van der Waals surface area contributed by atoms with Crippen LogP contribution in [0.1, 0.15) is 12.8 Å². The largest absolute Gasteiger partial charge is 0.399 e. The second-order valence-corrected chi connectivity index (χ2v) is 6.10. The summed E-state index contributed by atoms with van der Waals surface area (Å²) in [6.07, 6.45) is 1.27. The zero-order chi connectivity index (χ0) is 15.1. The Kier molecular flexibility index (Phi) is 5.96. The molecule has 0 saturated carbocycles. The highest BCUT2D eigenvalue weighted by molar-refractivity contribution is 7.99. The number of amides is 1. The van der Waals surface area contributed by atoms with Crippen LogP contribution >= 0.6 is 23.4 Å². The van der Waals surface area contributed by atoms with Gasteiger partial charge in [-0.15, -0.1) is 11.8 Å². The number of thioether (sulfide) groups is 1. The first kappa shape index (κ1) is 15.7. The third-order valence-corrected chi connectivity index (χ3v) is 4.41. The fourth-order valence-corrected chi connectivity index (χ4v) is 3.01. The number of rotatable bonds is 6. The summed E-state index contributed by atoms with van der Waals surface area (Å²) in [5.74, 6) is 0.856. The first-order valence-corrected chi connectivity index (χ1v) is 8.04. The average Bonchev–Trinajstić information content (AvgIpc) is 2.45. The lowest BCUT2D eigenvalue weighted by Gasteiger charge is -2.06. The van der Waals surface area contributed by atoms with Gasteiger partial charge in [-0.05, 0) is 42.5 Å². The molecule has 0 aromatic heterocycles. The summed E-state index contributed by atoms with van der Waals surface area (Å²) in [4.78, 5) is 12.9. The van der Waals surface area contributed by atoms with Crippen LogP contribution in [0.15, 0.2) is 53.4 Å². The van der Waals surface area contributed by atoms with Crippen LogP contribution in [0.4, 0.5) is 11.4 Å². The third kappa shape index (κ3) is 5.33. The van der Waals surface area contributed by atoms with E-state index in [2.05, 4.69) is 5.32 Å². The van der Waals surface area contributed by atoms with Gasteiger partial charge in [-0.2, -0.15) is 0 Å². The zero-order valence-corrected chi connectivity index (χ0v) is 13.1. The summed E-state index contributed by atoms with van der Waals surface area (Å²) in [7, 11) is 0. The molecule has 0 aliphatic heterocycles. The molecule has 0 saturated heterocycles. The Morgan fingerprint density at radius 3 is 2.76 bits per heavy atom. The van der Waals surface area contributed by atoms with Crippen molar-refractivity contribution in [1.29, 1.82) is 0 Å². The average molecular weight is 321 g/mol. The van der Waals surface area contributed by atoms with Gasteiger partial charge in [0.1, 0.15) is 0 Å². The summed E-state index contributed by atoms with van der Waals surface area (Å²) >= 11 is 7.74. The Balaban J connectivity index is 1.71. The maximum Gasteiger partial charge on any atom is 0.224 e. The van der Waals surface area contributed by atoms with E-state index in [1.54, 1.807) is 23.9 Å². The van der Waals surface area contributed by atoms with Crippen LogP contribution in [-0.4, -0.2) is 11.7 Å². The number of hydrogen-bond acceptors (Lipinski definition) is 3. The highest BCUT2D eigenvalue weighted by Crippen LogP contribution is 2.27. The molecule has 0 spiro atoms. The molecule has 0 aliphatic carbocycles. The van der Waals surface area contributed by atoms with Crippen molar-refractivity contribution in [3.05, 3.63) is 53.6 Å². The lowest BCUT2D eigenvalue weighted by molar-refractivity contribution is -0.116. The minimum atomic E-state index is 0.000332. The Labute approximate surface area is 133 Å². The zero-order valence-electron chi connectivity index (χ0n) is 11.5. The molecule has 2 aromatic rings. The maximum absolute atomic E-state index is 11.8. The normalized spacial score (nSPS) is 10.3. The molecule has 0 radical (unpaired) electrons. The predicted molar refractivity (Wildman–Crippen MR) is 90.9 cm³/mol. The van der Waals surface area contributed by atoms with Crippen LogP contribution in [0.5, 0.6) is 0 Å². The van der Waals surface area contributed by atoms with Gasteiger partial charge in [-0.1, -0.05) is 29.8 Å². The second-order valence-electron chi connectivity index (χ2n) is 4.56. The van der Waals surface area contributed by atoms with Crippen LogP contribution in [0.25, 0.3) is 0 Å². The Morgan fingerprint density at radius 1 is 1.19 bits per heavy atom. The minimum Gasteiger partial charge on any atom is -0.399 e. The standard InChI is InChI=1S/C16H17ClN2OS/c17-14-7-1-2-8-15(14)21-10-4-9-16(20)19-13-6-3-5-12(18)11-13/h1-3,5-8,11H,4,9-10,18H2,(H,19,20). The number of anilines is 2. The van der Waals surface area contributed by atoms with Crippen molar-refractivity contribution in [2.24, 2.45) is 0 Å². The van der Waals surface area contributed by atoms with E-state index in [0.29, 0.717) is 12.1 Å². The van der Waals surface area contributed by atoms with Crippen molar-refractivity contribution < 1.29 is 4.79 Å². The van der Waals surface area contributed by atoms with E-state index < -0.39 is 0 Å². The molecule has 110 valence electrons. The van der Waals surface area contributed by atoms with Crippen LogP contribution in [0.3, 0.4) is 0 Å². The highest BCUT2D eigenvalue weighted by Gasteiger charge is 2.04. The van der Waals surface area contributed by atoms with Gasteiger partial charge >= 0.3 is 0 Å². The van der Waals surface area contributed by atoms with Gasteiger partial charge in [0.2, 0.25) is 5.91 Å². The van der Waals surface area contributed by atoms with Crippen molar-refractivity contribution in [2.75, 3.05) is 16.8 Å². The van der Waals surface area contributed by atoms with Crippen LogP contribution in [0, 0.1) is 0 Å². The SMILES string of the molecule is Nc1cccc(NC(=O)CCCSc2ccccc2Cl)c1. The molecule has 0 fully saturated rings. The second kappa shape index (κ2) is 7.96. The van der Waals surface area contributed by atoms with Crippen molar-refractivity contribution in [1.82, 2.24) is 0 Å². The minimum absolute atomic E-state index is 0.000332. The lowest BCUT2D eigenvalue weighted by Crippen LogP contribution is -2.11. The summed E-state index contributed by atoms with van der Waals surface area (Å²) < 4.78 is 0. The van der Waals surface area contributed by atoms with Gasteiger partial charge < -0.3 is 11.1 Å². The number of nitrogen functional groups attached to an aromatic ring is 1. The Bertz CT molecular complexity index is 619. The molecule has 5 heteroatoms. The summed E-state index contributed by atoms with van der Waals surface area (Å²) in [5.41, 5.74) is 7.04. The van der Waals surface area contributed by atoms with E-state index in [0.717, 1.165) is 27.8 Å². The van der Waals surface area contributed by atoms with Crippen molar-refractivity contribution in [3.8, 4) is 0 Å². The van der Waals surface area contributed by atoms with Gasteiger partial charge in [-0.3, -0.25) is 4.79 Å². The third-order valence-electron chi connectivity index (χ3n) is 2.81. The number of benzene rings is 2. The van der Waals surface area contributed by atoms with E-state index in [1.807, 2.05) is 36.4 Å². The van der Waals surface area contributed by atoms with Crippen molar-refractivity contribution in [3.63, 3.8) is 0 Å². The first-order valence-electron chi connectivity index (χ1n) is 6.68. The van der Waals surface area contributed by atoms with E-state index in [4.69, 9.17) is 17.3 Å². The summed E-state index contributed by atoms with van der Waals surface area (Å²) in [6, 6.07) is 14.9. The smallest absolute Gasteiger partial charge is 0.224 e.